The van der Waals surface area contributed by atoms with E-state index in [2.05, 4.69) is 0 Å². The Bertz CT molecular complexity index is 605. The average molecular weight is 290 g/mol. The van der Waals surface area contributed by atoms with Crippen molar-refractivity contribution in [1.82, 2.24) is 0 Å². The third-order valence-electron chi connectivity index (χ3n) is 2.17. The SMILES string of the molecule is Nc1cc(Cl)c(F)cc1Oc1ccc(F)c(Cl)c1. The molecule has 2 aromatic carbocycles. The topological polar surface area (TPSA) is 35.2 Å². The van der Waals surface area contributed by atoms with Crippen molar-refractivity contribution < 1.29 is 13.5 Å². The van der Waals surface area contributed by atoms with Crippen LogP contribution in [0.3, 0.4) is 0 Å². The summed E-state index contributed by atoms with van der Waals surface area (Å²) in [6, 6.07) is 6.04. The molecule has 0 bridgehead atoms. The molecule has 2 rings (SSSR count). The maximum Gasteiger partial charge on any atom is 0.153 e. The predicted molar refractivity (Wildman–Crippen MR) is 67.3 cm³/mol. The van der Waals surface area contributed by atoms with Crippen LogP contribution in [0, 0.1) is 11.6 Å². The van der Waals surface area contributed by atoms with E-state index >= 15 is 0 Å². The highest BCUT2D eigenvalue weighted by Crippen LogP contribution is 2.33. The van der Waals surface area contributed by atoms with Gasteiger partial charge in [-0.1, -0.05) is 23.2 Å². The molecule has 0 aromatic heterocycles. The fourth-order valence-corrected chi connectivity index (χ4v) is 1.64. The summed E-state index contributed by atoms with van der Waals surface area (Å²) in [4.78, 5) is 0. The summed E-state index contributed by atoms with van der Waals surface area (Å²) >= 11 is 11.1. The van der Waals surface area contributed by atoms with Crippen LogP contribution in [0.1, 0.15) is 0 Å². The van der Waals surface area contributed by atoms with Crippen molar-refractivity contribution in [3.05, 3.63) is 52.0 Å². The summed E-state index contributed by atoms with van der Waals surface area (Å²) in [5, 5.41) is -0.197. The molecule has 2 N–H and O–H groups in total. The largest absolute Gasteiger partial charge is 0.455 e. The lowest BCUT2D eigenvalue weighted by atomic mass is 10.3. The number of nitrogen functional groups attached to an aromatic ring is 1. The molecule has 0 saturated heterocycles. The first kappa shape index (κ1) is 12.9. The monoisotopic (exact) mass is 289 g/mol. The summed E-state index contributed by atoms with van der Waals surface area (Å²) in [6.07, 6.45) is 0. The van der Waals surface area contributed by atoms with Crippen LogP contribution in [-0.2, 0) is 0 Å². The zero-order valence-corrected chi connectivity index (χ0v) is 10.4. The van der Waals surface area contributed by atoms with Crippen LogP contribution in [0.15, 0.2) is 30.3 Å². The minimum absolute atomic E-state index is 0.0829. The zero-order valence-electron chi connectivity index (χ0n) is 8.88. The summed E-state index contributed by atoms with van der Waals surface area (Å²) in [5.74, 6) is -0.900. The predicted octanol–water partition coefficient (Wildman–Crippen LogP) is 4.65. The van der Waals surface area contributed by atoms with Crippen molar-refractivity contribution in [2.75, 3.05) is 5.73 Å². The van der Waals surface area contributed by atoms with Gasteiger partial charge in [0.05, 0.1) is 15.7 Å². The van der Waals surface area contributed by atoms with Gasteiger partial charge in [-0.25, -0.2) is 8.78 Å². The first-order valence-electron chi connectivity index (χ1n) is 4.85. The third-order valence-corrected chi connectivity index (χ3v) is 2.75. The number of rotatable bonds is 2. The van der Waals surface area contributed by atoms with Gasteiger partial charge in [-0.2, -0.15) is 0 Å². The molecule has 0 fully saturated rings. The molecule has 2 aromatic rings. The van der Waals surface area contributed by atoms with E-state index in [0.717, 1.165) is 12.1 Å². The highest BCUT2D eigenvalue weighted by Gasteiger charge is 2.09. The Morgan fingerprint density at radius 3 is 2.28 bits per heavy atom. The van der Waals surface area contributed by atoms with Crippen molar-refractivity contribution in [3.63, 3.8) is 0 Å². The molecule has 0 aliphatic heterocycles. The van der Waals surface area contributed by atoms with Crippen LogP contribution >= 0.6 is 23.2 Å². The maximum absolute atomic E-state index is 13.3. The van der Waals surface area contributed by atoms with Crippen molar-refractivity contribution in [2.24, 2.45) is 0 Å². The van der Waals surface area contributed by atoms with E-state index in [0.29, 0.717) is 0 Å². The fraction of sp³-hybridized carbons (Fsp3) is 0. The van der Waals surface area contributed by atoms with Gasteiger partial charge in [0.2, 0.25) is 0 Å². The highest BCUT2D eigenvalue weighted by molar-refractivity contribution is 6.31. The molecule has 0 aliphatic rings. The Morgan fingerprint density at radius 1 is 0.944 bits per heavy atom. The lowest BCUT2D eigenvalue weighted by Gasteiger charge is -2.09. The lowest BCUT2D eigenvalue weighted by molar-refractivity contribution is 0.477. The van der Waals surface area contributed by atoms with Gasteiger partial charge < -0.3 is 10.5 Å². The molecule has 18 heavy (non-hydrogen) atoms. The van der Waals surface area contributed by atoms with Gasteiger partial charge in [-0.05, 0) is 18.2 Å². The van der Waals surface area contributed by atoms with Gasteiger partial charge in [-0.3, -0.25) is 0 Å². The molecule has 0 unspecified atom stereocenters. The molecule has 94 valence electrons. The number of ether oxygens (including phenoxy) is 1. The van der Waals surface area contributed by atoms with Crippen LogP contribution in [0.25, 0.3) is 0 Å². The van der Waals surface area contributed by atoms with Crippen LogP contribution in [0.4, 0.5) is 14.5 Å². The molecule has 0 amide bonds. The van der Waals surface area contributed by atoms with Crippen molar-refractivity contribution >= 4 is 28.9 Å². The summed E-state index contributed by atoms with van der Waals surface area (Å²) in [6.45, 7) is 0. The lowest BCUT2D eigenvalue weighted by Crippen LogP contribution is -1.94. The molecular weight excluding hydrogens is 283 g/mol. The van der Waals surface area contributed by atoms with Gasteiger partial charge in [0.15, 0.2) is 5.75 Å². The first-order valence-corrected chi connectivity index (χ1v) is 5.60. The van der Waals surface area contributed by atoms with E-state index in [9.17, 15) is 8.78 Å². The molecule has 2 nitrogen and oxygen atoms in total. The number of halogens is 4. The van der Waals surface area contributed by atoms with Crippen LogP contribution in [0.5, 0.6) is 11.5 Å². The molecule has 0 saturated carbocycles. The number of hydrogen-bond acceptors (Lipinski definition) is 2. The standard InChI is InChI=1S/C12H7Cl2F2NO/c13-7-3-6(1-2-9(7)15)18-12-5-10(16)8(14)4-11(12)17/h1-5H,17H2. The minimum atomic E-state index is -0.658. The van der Waals surface area contributed by atoms with E-state index in [1.54, 1.807) is 0 Å². The highest BCUT2D eigenvalue weighted by atomic mass is 35.5. The molecular formula is C12H7Cl2F2NO. The van der Waals surface area contributed by atoms with E-state index in [1.165, 1.54) is 18.2 Å². The second-order valence-corrected chi connectivity index (χ2v) is 4.30. The minimum Gasteiger partial charge on any atom is -0.455 e. The average Bonchev–Trinajstić information content (AvgIpc) is 2.31. The molecule has 0 spiro atoms. The van der Waals surface area contributed by atoms with Crippen molar-refractivity contribution in [1.29, 1.82) is 0 Å². The number of benzene rings is 2. The molecule has 0 heterocycles. The first-order chi connectivity index (χ1) is 8.47. The smallest absolute Gasteiger partial charge is 0.153 e. The number of hydrogen-bond donors (Lipinski definition) is 1. The Hall–Kier alpha value is -1.52. The second kappa shape index (κ2) is 5.00. The van der Waals surface area contributed by atoms with Gasteiger partial charge >= 0.3 is 0 Å². The summed E-state index contributed by atoms with van der Waals surface area (Å²) in [5.41, 5.74) is 5.79. The molecule has 0 radical (unpaired) electrons. The normalized spacial score (nSPS) is 10.4. The zero-order chi connectivity index (χ0) is 13.3. The van der Waals surface area contributed by atoms with Gasteiger partial charge in [0, 0.05) is 12.1 Å². The van der Waals surface area contributed by atoms with Gasteiger partial charge in [0.1, 0.15) is 17.4 Å². The van der Waals surface area contributed by atoms with Crippen molar-refractivity contribution in [3.8, 4) is 11.5 Å². The maximum atomic E-state index is 13.3. The van der Waals surface area contributed by atoms with Crippen molar-refractivity contribution in [2.45, 2.75) is 0 Å². The van der Waals surface area contributed by atoms with Crippen LogP contribution in [0.2, 0.25) is 10.0 Å². The fourth-order valence-electron chi connectivity index (χ4n) is 1.30. The Kier molecular flexibility index (Phi) is 3.59. The summed E-state index contributed by atoms with van der Waals surface area (Å²) < 4.78 is 31.5. The Morgan fingerprint density at radius 2 is 1.61 bits per heavy atom. The van der Waals surface area contributed by atoms with Crippen LogP contribution < -0.4 is 10.5 Å². The van der Waals surface area contributed by atoms with Gasteiger partial charge in [-0.15, -0.1) is 0 Å². The Labute approximate surface area is 112 Å². The van der Waals surface area contributed by atoms with Crippen LogP contribution in [-0.4, -0.2) is 0 Å². The number of anilines is 1. The Balaban J connectivity index is 2.34. The van der Waals surface area contributed by atoms with E-state index in [-0.39, 0.29) is 27.2 Å². The molecule has 6 heteroatoms. The summed E-state index contributed by atoms with van der Waals surface area (Å²) in [7, 11) is 0. The molecule has 0 atom stereocenters. The third kappa shape index (κ3) is 2.66. The quantitative estimate of drug-likeness (QED) is 0.817. The number of nitrogens with two attached hydrogens (primary N) is 1. The van der Waals surface area contributed by atoms with Gasteiger partial charge in [0.25, 0.3) is 0 Å². The second-order valence-electron chi connectivity index (χ2n) is 3.48. The van der Waals surface area contributed by atoms with E-state index in [4.69, 9.17) is 33.7 Å². The van der Waals surface area contributed by atoms with E-state index in [1.807, 2.05) is 0 Å². The molecule has 0 aliphatic carbocycles. The van der Waals surface area contributed by atoms with E-state index < -0.39 is 11.6 Å².